The van der Waals surface area contributed by atoms with Crippen molar-refractivity contribution in [2.24, 2.45) is 5.92 Å². The van der Waals surface area contributed by atoms with E-state index in [0.29, 0.717) is 38.1 Å². The van der Waals surface area contributed by atoms with Crippen molar-refractivity contribution in [3.63, 3.8) is 0 Å². The van der Waals surface area contributed by atoms with Gasteiger partial charge in [-0.1, -0.05) is 53.0 Å². The van der Waals surface area contributed by atoms with Crippen LogP contribution in [-0.2, 0) is 12.8 Å². The fourth-order valence-corrected chi connectivity index (χ4v) is 6.21. The molecule has 194 valence electrons. The lowest BCUT2D eigenvalue weighted by Gasteiger charge is -2.39. The predicted molar refractivity (Wildman–Crippen MR) is 144 cm³/mol. The summed E-state index contributed by atoms with van der Waals surface area (Å²) in [5.74, 6) is 0.417. The van der Waals surface area contributed by atoms with E-state index in [2.05, 4.69) is 21.2 Å². The maximum absolute atomic E-state index is 13.9. The van der Waals surface area contributed by atoms with Crippen molar-refractivity contribution in [3.05, 3.63) is 96.4 Å². The van der Waals surface area contributed by atoms with Crippen molar-refractivity contribution < 1.29 is 22.6 Å². The lowest BCUT2D eigenvalue weighted by Crippen LogP contribution is -2.31. The van der Waals surface area contributed by atoms with Gasteiger partial charge in [0.15, 0.2) is 11.5 Å². The molecule has 0 saturated carbocycles. The van der Waals surface area contributed by atoms with Crippen LogP contribution in [-0.4, -0.2) is 7.11 Å². The third-order valence-electron chi connectivity index (χ3n) is 6.75. The van der Waals surface area contributed by atoms with E-state index in [1.54, 1.807) is 12.1 Å². The lowest BCUT2D eigenvalue weighted by atomic mass is 9.75. The largest absolute Gasteiger partial charge is 0.493 e. The van der Waals surface area contributed by atoms with E-state index < -0.39 is 17.7 Å². The van der Waals surface area contributed by atoms with Crippen LogP contribution in [0.3, 0.4) is 0 Å². The monoisotopic (exact) mass is 631 g/mol. The summed E-state index contributed by atoms with van der Waals surface area (Å²) in [6.45, 7) is 0.227. The topological polar surface area (TPSA) is 30.5 Å². The van der Waals surface area contributed by atoms with Gasteiger partial charge in [-0.05, 0) is 81.4 Å². The molecule has 0 saturated heterocycles. The van der Waals surface area contributed by atoms with E-state index in [1.807, 2.05) is 30.4 Å². The van der Waals surface area contributed by atoms with Crippen LogP contribution in [0.25, 0.3) is 0 Å². The van der Waals surface area contributed by atoms with Crippen LogP contribution in [0, 0.1) is 5.92 Å². The maximum atomic E-state index is 13.9. The number of alkyl halides is 3. The van der Waals surface area contributed by atoms with E-state index in [1.165, 1.54) is 13.2 Å². The number of rotatable bonds is 5. The normalized spacial score (nSPS) is 20.3. The van der Waals surface area contributed by atoms with Crippen molar-refractivity contribution in [1.29, 1.82) is 0 Å². The average Bonchev–Trinajstić information content (AvgIpc) is 3.34. The Labute approximate surface area is 235 Å². The van der Waals surface area contributed by atoms with Crippen molar-refractivity contribution in [3.8, 4) is 11.5 Å². The number of allylic oxidation sites excluding steroid dienone is 2. The van der Waals surface area contributed by atoms with E-state index in [9.17, 15) is 13.2 Å². The van der Waals surface area contributed by atoms with E-state index in [-0.39, 0.29) is 29.2 Å². The van der Waals surface area contributed by atoms with E-state index >= 15 is 0 Å². The second kappa shape index (κ2) is 10.3. The van der Waals surface area contributed by atoms with Gasteiger partial charge in [0.05, 0.1) is 43.9 Å². The van der Waals surface area contributed by atoms with Gasteiger partial charge in [-0.3, -0.25) is 0 Å². The molecule has 5 rings (SSSR count). The summed E-state index contributed by atoms with van der Waals surface area (Å²) in [4.78, 5) is 0. The Morgan fingerprint density at radius 2 is 1.78 bits per heavy atom. The molecule has 2 aliphatic rings. The fraction of sp³-hybridized carbons (Fsp3) is 0.259. The van der Waals surface area contributed by atoms with Gasteiger partial charge in [-0.2, -0.15) is 13.2 Å². The molecule has 3 aromatic carbocycles. The third-order valence-corrected chi connectivity index (χ3v) is 8.40. The lowest BCUT2D eigenvalue weighted by molar-refractivity contribution is -0.138. The molecule has 1 aliphatic carbocycles. The smallest absolute Gasteiger partial charge is 0.416 e. The minimum absolute atomic E-state index is 0.133. The zero-order chi connectivity index (χ0) is 26.5. The van der Waals surface area contributed by atoms with Gasteiger partial charge < -0.3 is 14.8 Å². The van der Waals surface area contributed by atoms with Crippen LogP contribution in [0.5, 0.6) is 11.5 Å². The molecule has 0 radical (unpaired) electrons. The SMILES string of the molecule is COc1cc([C@@H]2Nc3c(Cl)ccc(C(F)(F)F)c3[C@H]3C=CC[C@@H]32)cc(Br)c1OCc1ccc(Cl)c(Cl)c1. The molecule has 1 aliphatic heterocycles. The van der Waals surface area contributed by atoms with Crippen LogP contribution in [0.2, 0.25) is 15.1 Å². The van der Waals surface area contributed by atoms with Crippen molar-refractivity contribution in [1.82, 2.24) is 0 Å². The number of anilines is 1. The molecule has 3 nitrogen and oxygen atoms in total. The summed E-state index contributed by atoms with van der Waals surface area (Å²) in [5, 5.41) is 4.45. The Morgan fingerprint density at radius 3 is 2.49 bits per heavy atom. The number of hydrogen-bond donors (Lipinski definition) is 1. The fourth-order valence-electron chi connectivity index (χ4n) is 5.10. The van der Waals surface area contributed by atoms with Crippen molar-refractivity contribution >= 4 is 56.4 Å². The molecule has 0 unspecified atom stereocenters. The predicted octanol–water partition coefficient (Wildman–Crippen LogP) is 9.84. The molecular formula is C27H20BrCl3F3NO2. The minimum atomic E-state index is -4.48. The Bertz CT molecular complexity index is 1400. The summed E-state index contributed by atoms with van der Waals surface area (Å²) >= 11 is 22.1. The van der Waals surface area contributed by atoms with Gasteiger partial charge in [0.1, 0.15) is 6.61 Å². The summed E-state index contributed by atoms with van der Waals surface area (Å²) in [7, 11) is 1.54. The molecule has 0 spiro atoms. The first kappa shape index (κ1) is 26.5. The highest BCUT2D eigenvalue weighted by molar-refractivity contribution is 9.10. The van der Waals surface area contributed by atoms with Crippen LogP contribution in [0.1, 0.15) is 40.6 Å². The highest BCUT2D eigenvalue weighted by atomic mass is 79.9. The molecule has 3 atom stereocenters. The molecule has 3 aromatic rings. The number of ether oxygens (including phenoxy) is 2. The first-order valence-electron chi connectivity index (χ1n) is 11.4. The van der Waals surface area contributed by atoms with Gasteiger partial charge in [0.2, 0.25) is 0 Å². The van der Waals surface area contributed by atoms with Crippen molar-refractivity contribution in [2.45, 2.75) is 31.2 Å². The van der Waals surface area contributed by atoms with Gasteiger partial charge in [-0.25, -0.2) is 0 Å². The van der Waals surface area contributed by atoms with Crippen LogP contribution >= 0.6 is 50.7 Å². The molecule has 0 aromatic heterocycles. The Hall–Kier alpha value is -2.06. The quantitative estimate of drug-likeness (QED) is 0.284. The highest BCUT2D eigenvalue weighted by Gasteiger charge is 2.45. The number of halogens is 7. The molecule has 37 heavy (non-hydrogen) atoms. The molecule has 1 heterocycles. The summed E-state index contributed by atoms with van der Waals surface area (Å²) in [6, 6.07) is 11.0. The number of nitrogens with one attached hydrogen (secondary N) is 1. The molecule has 1 N–H and O–H groups in total. The average molecular weight is 634 g/mol. The Kier molecular flexibility index (Phi) is 7.35. The first-order chi connectivity index (χ1) is 17.6. The molecule has 0 bridgehead atoms. The van der Waals surface area contributed by atoms with Gasteiger partial charge >= 0.3 is 6.18 Å². The second-order valence-electron chi connectivity index (χ2n) is 8.93. The molecule has 0 fully saturated rings. The van der Waals surface area contributed by atoms with E-state index in [0.717, 1.165) is 17.2 Å². The highest BCUT2D eigenvalue weighted by Crippen LogP contribution is 2.55. The second-order valence-corrected chi connectivity index (χ2v) is 11.0. The number of hydrogen-bond acceptors (Lipinski definition) is 3. The van der Waals surface area contributed by atoms with Gasteiger partial charge in [0, 0.05) is 5.92 Å². The molecular weight excluding hydrogens is 614 g/mol. The molecule has 0 amide bonds. The number of methoxy groups -OCH3 is 1. The minimum Gasteiger partial charge on any atom is -0.493 e. The number of fused-ring (bicyclic) bond motifs is 3. The standard InChI is InChI=1S/C27H20BrCl3F3NO2/c1-36-22-11-14(10-18(28)26(22)37-12-13-5-7-19(29)21(31)9-13)24-16-4-2-3-15(16)23-17(27(32,33)34)6-8-20(30)25(23)35-24/h2-3,5-11,15-16,24,35H,4,12H2,1H3/t15-,16-,24-/m0/s1. The van der Waals surface area contributed by atoms with Gasteiger partial charge in [-0.15, -0.1) is 0 Å². The van der Waals surface area contributed by atoms with Crippen molar-refractivity contribution in [2.75, 3.05) is 12.4 Å². The number of benzene rings is 3. The van der Waals surface area contributed by atoms with Crippen LogP contribution in [0.4, 0.5) is 18.9 Å². The summed E-state index contributed by atoms with van der Waals surface area (Å²) in [6.07, 6.45) is -0.0735. The Balaban J connectivity index is 1.49. The molecule has 10 heteroatoms. The third kappa shape index (κ3) is 5.03. The Morgan fingerprint density at radius 1 is 1.03 bits per heavy atom. The maximum Gasteiger partial charge on any atom is 0.416 e. The first-order valence-corrected chi connectivity index (χ1v) is 13.3. The van der Waals surface area contributed by atoms with Gasteiger partial charge in [0.25, 0.3) is 0 Å². The van der Waals surface area contributed by atoms with E-state index in [4.69, 9.17) is 44.3 Å². The zero-order valence-corrected chi connectivity index (χ0v) is 23.2. The van der Waals surface area contributed by atoms with Crippen LogP contribution in [0.15, 0.2) is 59.1 Å². The zero-order valence-electron chi connectivity index (χ0n) is 19.3. The summed E-state index contributed by atoms with van der Waals surface area (Å²) < 4.78 is 53.9. The van der Waals surface area contributed by atoms with Crippen LogP contribution < -0.4 is 14.8 Å². The summed E-state index contributed by atoms with van der Waals surface area (Å²) in [5.41, 5.74) is 1.51.